The molecule has 1 rings (SSSR count). The normalized spacial score (nSPS) is 12.0. The van der Waals surface area contributed by atoms with Gasteiger partial charge in [-0.2, -0.15) is 0 Å². The second kappa shape index (κ2) is 11.1. The van der Waals surface area contributed by atoms with Gasteiger partial charge < -0.3 is 19.5 Å². The Kier molecular flexibility index (Phi) is 9.35. The molecule has 1 aromatic carbocycles. The summed E-state index contributed by atoms with van der Waals surface area (Å²) in [5.41, 5.74) is 1.08. The number of nitrogens with one attached hydrogen (secondary N) is 1. The summed E-state index contributed by atoms with van der Waals surface area (Å²) in [7, 11) is 1.66. The summed E-state index contributed by atoms with van der Waals surface area (Å²) in [6.45, 7) is 10.8. The molecule has 0 aromatic heterocycles. The van der Waals surface area contributed by atoms with E-state index in [-0.39, 0.29) is 0 Å². The Bertz CT molecular complexity index is 434. The fourth-order valence-electron chi connectivity index (χ4n) is 1.97. The van der Waals surface area contributed by atoms with Crippen LogP contribution in [0.5, 0.6) is 11.5 Å². The molecule has 0 heterocycles. The first-order chi connectivity index (χ1) is 10.7. The Morgan fingerprint density at radius 2 is 2.09 bits per heavy atom. The van der Waals surface area contributed by atoms with Crippen molar-refractivity contribution in [1.29, 1.82) is 0 Å². The standard InChI is InChI=1S/C18H29NO3/c1-5-7-16-14-17(20-4)8-9-18(16)22-13-12-21-11-10-19-15(3)6-2/h5,8-9,14-15,19H,1,6-7,10-13H2,2-4H3/t15-/m0/s1. The highest BCUT2D eigenvalue weighted by Crippen LogP contribution is 2.24. The van der Waals surface area contributed by atoms with Crippen LogP contribution in [0, 0.1) is 0 Å². The van der Waals surface area contributed by atoms with Crippen LogP contribution >= 0.6 is 0 Å². The second-order valence-corrected chi connectivity index (χ2v) is 5.19. The highest BCUT2D eigenvalue weighted by atomic mass is 16.5. The summed E-state index contributed by atoms with van der Waals surface area (Å²) in [6.07, 6.45) is 3.75. The summed E-state index contributed by atoms with van der Waals surface area (Å²) < 4.78 is 16.6. The lowest BCUT2D eigenvalue weighted by Crippen LogP contribution is -2.29. The van der Waals surface area contributed by atoms with Gasteiger partial charge in [-0.1, -0.05) is 13.0 Å². The third-order valence-electron chi connectivity index (χ3n) is 3.47. The third kappa shape index (κ3) is 6.96. The van der Waals surface area contributed by atoms with Gasteiger partial charge >= 0.3 is 0 Å². The Balaban J connectivity index is 2.28. The molecule has 1 aromatic rings. The molecule has 0 saturated heterocycles. The van der Waals surface area contributed by atoms with Crippen molar-refractivity contribution in [2.75, 3.05) is 33.5 Å². The van der Waals surface area contributed by atoms with Crippen molar-refractivity contribution in [2.45, 2.75) is 32.7 Å². The van der Waals surface area contributed by atoms with Gasteiger partial charge in [0.25, 0.3) is 0 Å². The molecule has 0 radical (unpaired) electrons. The van der Waals surface area contributed by atoms with E-state index in [4.69, 9.17) is 14.2 Å². The molecule has 0 unspecified atom stereocenters. The van der Waals surface area contributed by atoms with E-state index in [1.807, 2.05) is 24.3 Å². The van der Waals surface area contributed by atoms with Crippen LogP contribution in [0.15, 0.2) is 30.9 Å². The molecular weight excluding hydrogens is 278 g/mol. The van der Waals surface area contributed by atoms with Crippen molar-refractivity contribution in [3.63, 3.8) is 0 Å². The smallest absolute Gasteiger partial charge is 0.123 e. The zero-order chi connectivity index (χ0) is 16.2. The van der Waals surface area contributed by atoms with E-state index in [0.29, 0.717) is 25.9 Å². The maximum atomic E-state index is 5.79. The SMILES string of the molecule is C=CCc1cc(OC)ccc1OCCOCCN[C@@H](C)CC. The van der Waals surface area contributed by atoms with Crippen molar-refractivity contribution in [2.24, 2.45) is 0 Å². The minimum absolute atomic E-state index is 0.541. The van der Waals surface area contributed by atoms with Gasteiger partial charge in [0.05, 0.1) is 20.3 Å². The van der Waals surface area contributed by atoms with Crippen molar-refractivity contribution in [1.82, 2.24) is 5.32 Å². The summed E-state index contributed by atoms with van der Waals surface area (Å²) in [5.74, 6) is 1.69. The molecule has 0 bridgehead atoms. The van der Waals surface area contributed by atoms with Crippen molar-refractivity contribution >= 4 is 0 Å². The van der Waals surface area contributed by atoms with Crippen LogP contribution in [0.4, 0.5) is 0 Å². The zero-order valence-electron chi connectivity index (χ0n) is 14.1. The van der Waals surface area contributed by atoms with Gasteiger partial charge in [-0.25, -0.2) is 0 Å². The Morgan fingerprint density at radius 1 is 1.27 bits per heavy atom. The van der Waals surface area contributed by atoms with E-state index < -0.39 is 0 Å². The monoisotopic (exact) mass is 307 g/mol. The number of benzene rings is 1. The molecule has 0 aliphatic carbocycles. The van der Waals surface area contributed by atoms with E-state index in [1.54, 1.807) is 7.11 Å². The van der Waals surface area contributed by atoms with E-state index >= 15 is 0 Å². The minimum Gasteiger partial charge on any atom is -0.497 e. The topological polar surface area (TPSA) is 39.7 Å². The lowest BCUT2D eigenvalue weighted by Gasteiger charge is -2.13. The highest BCUT2D eigenvalue weighted by Gasteiger charge is 2.04. The molecule has 22 heavy (non-hydrogen) atoms. The Labute approximate surface area is 134 Å². The number of hydrogen-bond acceptors (Lipinski definition) is 4. The first-order valence-corrected chi connectivity index (χ1v) is 7.93. The van der Waals surface area contributed by atoms with Gasteiger partial charge in [-0.3, -0.25) is 0 Å². The highest BCUT2D eigenvalue weighted by molar-refractivity contribution is 5.41. The number of methoxy groups -OCH3 is 1. The maximum Gasteiger partial charge on any atom is 0.123 e. The average molecular weight is 307 g/mol. The molecule has 0 saturated carbocycles. The van der Waals surface area contributed by atoms with E-state index in [2.05, 4.69) is 25.7 Å². The van der Waals surface area contributed by atoms with Crippen LogP contribution in [0.3, 0.4) is 0 Å². The molecule has 124 valence electrons. The van der Waals surface area contributed by atoms with Crippen LogP contribution < -0.4 is 14.8 Å². The van der Waals surface area contributed by atoms with Crippen molar-refractivity contribution in [3.8, 4) is 11.5 Å². The summed E-state index contributed by atoms with van der Waals surface area (Å²) in [4.78, 5) is 0. The fourth-order valence-corrected chi connectivity index (χ4v) is 1.97. The van der Waals surface area contributed by atoms with E-state index in [1.165, 1.54) is 0 Å². The largest absolute Gasteiger partial charge is 0.497 e. The van der Waals surface area contributed by atoms with Crippen LogP contribution in [-0.4, -0.2) is 39.5 Å². The first-order valence-electron chi connectivity index (χ1n) is 7.93. The van der Waals surface area contributed by atoms with Crippen LogP contribution in [0.2, 0.25) is 0 Å². The quantitative estimate of drug-likeness (QED) is 0.475. The van der Waals surface area contributed by atoms with Gasteiger partial charge in [-0.05, 0) is 38.0 Å². The second-order valence-electron chi connectivity index (χ2n) is 5.19. The predicted octanol–water partition coefficient (Wildman–Crippen LogP) is 3.21. The zero-order valence-corrected chi connectivity index (χ0v) is 14.1. The molecule has 1 atom stereocenters. The van der Waals surface area contributed by atoms with Gasteiger partial charge in [0, 0.05) is 18.2 Å². The molecule has 0 fully saturated rings. The van der Waals surface area contributed by atoms with Crippen LogP contribution in [-0.2, 0) is 11.2 Å². The molecule has 0 aliphatic rings. The van der Waals surface area contributed by atoms with Gasteiger partial charge in [0.15, 0.2) is 0 Å². The molecule has 4 nitrogen and oxygen atoms in total. The van der Waals surface area contributed by atoms with Crippen molar-refractivity contribution < 1.29 is 14.2 Å². The van der Waals surface area contributed by atoms with Gasteiger partial charge in [0.1, 0.15) is 18.1 Å². The number of ether oxygens (including phenoxy) is 3. The lowest BCUT2D eigenvalue weighted by molar-refractivity contribution is 0.100. The summed E-state index contributed by atoms with van der Waals surface area (Å²) in [6, 6.07) is 6.36. The minimum atomic E-state index is 0.541. The van der Waals surface area contributed by atoms with Gasteiger partial charge in [-0.15, -0.1) is 6.58 Å². The third-order valence-corrected chi connectivity index (χ3v) is 3.47. The summed E-state index contributed by atoms with van der Waals surface area (Å²) in [5, 5.41) is 3.39. The number of hydrogen-bond donors (Lipinski definition) is 1. The molecule has 4 heteroatoms. The number of rotatable bonds is 12. The summed E-state index contributed by atoms with van der Waals surface area (Å²) >= 11 is 0. The Morgan fingerprint density at radius 3 is 2.77 bits per heavy atom. The maximum absolute atomic E-state index is 5.79. The molecule has 0 aliphatic heterocycles. The fraction of sp³-hybridized carbons (Fsp3) is 0.556. The Hall–Kier alpha value is -1.52. The van der Waals surface area contributed by atoms with E-state index in [0.717, 1.165) is 36.4 Å². The van der Waals surface area contributed by atoms with Crippen molar-refractivity contribution in [3.05, 3.63) is 36.4 Å². The molecular formula is C18H29NO3. The van der Waals surface area contributed by atoms with Crippen LogP contribution in [0.25, 0.3) is 0 Å². The predicted molar refractivity (Wildman–Crippen MR) is 91.0 cm³/mol. The molecule has 1 N–H and O–H groups in total. The molecule has 0 spiro atoms. The molecule has 0 amide bonds. The van der Waals surface area contributed by atoms with E-state index in [9.17, 15) is 0 Å². The first kappa shape index (κ1) is 18.5. The van der Waals surface area contributed by atoms with Gasteiger partial charge in [0.2, 0.25) is 0 Å². The van der Waals surface area contributed by atoms with Crippen LogP contribution in [0.1, 0.15) is 25.8 Å². The number of allylic oxidation sites excluding steroid dienone is 1. The average Bonchev–Trinajstić information content (AvgIpc) is 2.54. The lowest BCUT2D eigenvalue weighted by atomic mass is 10.1.